The Kier molecular flexibility index (Phi) is 5.40. The molecule has 7 N–H and O–H groups in total. The SMILES string of the molecule is C[C@@H](O)[C@H]1C(=O)N2C(C(=O)O)=C(S[C@@H]3CN[C@H](C(N)CCN)C3)C[C@H]12. The highest BCUT2D eigenvalue weighted by molar-refractivity contribution is 8.03. The van der Waals surface area contributed by atoms with Gasteiger partial charge in [0.2, 0.25) is 5.91 Å². The number of nitrogens with two attached hydrogens (primary N) is 2. The number of β-lactam (4-membered cyclic amide) rings is 1. The number of rotatable bonds is 7. The van der Waals surface area contributed by atoms with Gasteiger partial charge in [-0.3, -0.25) is 4.79 Å². The average Bonchev–Trinajstić information content (AvgIpc) is 3.10. The topological polar surface area (TPSA) is 142 Å². The second-order valence-corrected chi connectivity index (χ2v) is 8.45. The zero-order valence-electron chi connectivity index (χ0n) is 14.2. The molecule has 0 aromatic rings. The van der Waals surface area contributed by atoms with E-state index in [0.717, 1.165) is 24.3 Å². The normalized spacial score (nSPS) is 34.1. The van der Waals surface area contributed by atoms with Crippen LogP contribution in [0, 0.1) is 5.92 Å². The van der Waals surface area contributed by atoms with E-state index in [0.29, 0.717) is 13.0 Å². The molecule has 3 rings (SSSR count). The van der Waals surface area contributed by atoms with Crippen molar-refractivity contribution in [2.45, 2.75) is 55.7 Å². The quantitative estimate of drug-likeness (QED) is 0.361. The van der Waals surface area contributed by atoms with Crippen molar-refractivity contribution < 1.29 is 19.8 Å². The Balaban J connectivity index is 1.68. The van der Waals surface area contributed by atoms with E-state index in [-0.39, 0.29) is 35.0 Å². The number of thioether (sulfide) groups is 1. The summed E-state index contributed by atoms with van der Waals surface area (Å²) in [5.74, 6) is -1.87. The Morgan fingerprint density at radius 3 is 2.84 bits per heavy atom. The molecular weight excluding hydrogens is 344 g/mol. The van der Waals surface area contributed by atoms with E-state index in [1.807, 2.05) is 0 Å². The van der Waals surface area contributed by atoms with Gasteiger partial charge in [-0.25, -0.2) is 4.79 Å². The Morgan fingerprint density at radius 2 is 2.24 bits per heavy atom. The highest BCUT2D eigenvalue weighted by Crippen LogP contribution is 2.48. The smallest absolute Gasteiger partial charge is 0.353 e. The van der Waals surface area contributed by atoms with Crippen molar-refractivity contribution in [1.82, 2.24) is 10.2 Å². The second kappa shape index (κ2) is 7.24. The first-order valence-corrected chi connectivity index (χ1v) is 9.56. The maximum Gasteiger partial charge on any atom is 0.353 e. The molecule has 0 aliphatic carbocycles. The van der Waals surface area contributed by atoms with Crippen molar-refractivity contribution in [2.75, 3.05) is 13.1 Å². The molecule has 25 heavy (non-hydrogen) atoms. The van der Waals surface area contributed by atoms with E-state index in [1.165, 1.54) is 16.7 Å². The number of carbonyl (C=O) groups is 2. The van der Waals surface area contributed by atoms with Crippen molar-refractivity contribution in [3.8, 4) is 0 Å². The number of carboxylic acid groups (broad SMARTS) is 1. The summed E-state index contributed by atoms with van der Waals surface area (Å²) in [5, 5.41) is 22.9. The van der Waals surface area contributed by atoms with Crippen LogP contribution in [0.4, 0.5) is 0 Å². The van der Waals surface area contributed by atoms with Crippen LogP contribution in [0.25, 0.3) is 0 Å². The minimum Gasteiger partial charge on any atom is -0.477 e. The van der Waals surface area contributed by atoms with Gasteiger partial charge in [-0.1, -0.05) is 0 Å². The number of aliphatic hydroxyl groups excluding tert-OH is 1. The molecule has 9 heteroatoms. The fraction of sp³-hybridized carbons (Fsp3) is 0.750. The summed E-state index contributed by atoms with van der Waals surface area (Å²) in [6, 6.07) is -0.0563. The monoisotopic (exact) mass is 370 g/mol. The lowest BCUT2D eigenvalue weighted by Gasteiger charge is -2.44. The molecule has 3 heterocycles. The third kappa shape index (κ3) is 3.31. The van der Waals surface area contributed by atoms with E-state index in [1.54, 1.807) is 6.92 Å². The highest BCUT2D eigenvalue weighted by atomic mass is 32.2. The van der Waals surface area contributed by atoms with Crippen LogP contribution in [0.5, 0.6) is 0 Å². The number of nitrogens with zero attached hydrogens (tertiary/aromatic N) is 1. The predicted octanol–water partition coefficient (Wildman–Crippen LogP) is -0.966. The lowest BCUT2D eigenvalue weighted by atomic mass is 9.83. The number of hydrogen-bond acceptors (Lipinski definition) is 7. The van der Waals surface area contributed by atoms with Gasteiger partial charge in [-0.05, 0) is 26.3 Å². The van der Waals surface area contributed by atoms with Gasteiger partial charge in [0.1, 0.15) is 5.70 Å². The van der Waals surface area contributed by atoms with Crippen LogP contribution in [-0.2, 0) is 9.59 Å². The van der Waals surface area contributed by atoms with Gasteiger partial charge < -0.3 is 31.9 Å². The highest BCUT2D eigenvalue weighted by Gasteiger charge is 2.57. The van der Waals surface area contributed by atoms with Crippen LogP contribution in [0.1, 0.15) is 26.2 Å². The molecule has 2 saturated heterocycles. The summed E-state index contributed by atoms with van der Waals surface area (Å²) in [5.41, 5.74) is 11.8. The third-order valence-electron chi connectivity index (χ3n) is 5.34. The zero-order chi connectivity index (χ0) is 18.3. The molecule has 0 spiro atoms. The molecule has 3 aliphatic rings. The van der Waals surface area contributed by atoms with Gasteiger partial charge >= 0.3 is 5.97 Å². The Bertz CT molecular complexity index is 597. The standard InChI is InChI=1S/C16H26N4O4S/c1-7(21)13-11-5-12(14(16(23)24)20(11)15(13)22)25-8-4-10(19-6-8)9(18)2-3-17/h7-11,13,19,21H,2-6,17-18H2,1H3,(H,23,24)/t7-,8+,9?,10+,11-,13-/m1/s1. The zero-order valence-corrected chi connectivity index (χ0v) is 15.0. The summed E-state index contributed by atoms with van der Waals surface area (Å²) in [7, 11) is 0. The second-order valence-electron chi connectivity index (χ2n) is 7.05. The molecule has 0 aromatic carbocycles. The van der Waals surface area contributed by atoms with Crippen LogP contribution >= 0.6 is 11.8 Å². The molecule has 0 aromatic heterocycles. The maximum absolute atomic E-state index is 12.2. The number of carbonyl (C=O) groups excluding carboxylic acids is 1. The Hall–Kier alpha value is -1.13. The van der Waals surface area contributed by atoms with Crippen LogP contribution < -0.4 is 16.8 Å². The number of aliphatic hydroxyl groups is 1. The van der Waals surface area contributed by atoms with Crippen LogP contribution in [-0.4, -0.2) is 69.6 Å². The molecule has 0 saturated carbocycles. The average molecular weight is 370 g/mol. The van der Waals surface area contributed by atoms with Crippen molar-refractivity contribution >= 4 is 23.6 Å². The molecule has 0 radical (unpaired) electrons. The molecule has 8 nitrogen and oxygen atoms in total. The number of carboxylic acids is 1. The molecule has 1 amide bonds. The first-order chi connectivity index (χ1) is 11.8. The van der Waals surface area contributed by atoms with Crippen molar-refractivity contribution in [2.24, 2.45) is 17.4 Å². The van der Waals surface area contributed by atoms with Crippen molar-refractivity contribution in [3.05, 3.63) is 10.6 Å². The third-order valence-corrected chi connectivity index (χ3v) is 6.68. The predicted molar refractivity (Wildman–Crippen MR) is 94.5 cm³/mol. The molecule has 0 bridgehead atoms. The van der Waals surface area contributed by atoms with Gasteiger partial charge in [0, 0.05) is 35.2 Å². The molecule has 1 unspecified atom stereocenters. The molecule has 6 atom stereocenters. The first kappa shape index (κ1) is 18.7. The van der Waals surface area contributed by atoms with Gasteiger partial charge in [0.15, 0.2) is 0 Å². The molecule has 140 valence electrons. The Labute approximate surface area is 151 Å². The first-order valence-electron chi connectivity index (χ1n) is 8.68. The van der Waals surface area contributed by atoms with Gasteiger partial charge in [0.25, 0.3) is 0 Å². The summed E-state index contributed by atoms with van der Waals surface area (Å²) in [4.78, 5) is 26.0. The van der Waals surface area contributed by atoms with E-state index in [9.17, 15) is 19.8 Å². The van der Waals surface area contributed by atoms with E-state index < -0.39 is 18.0 Å². The minimum absolute atomic E-state index is 0.00627. The van der Waals surface area contributed by atoms with Crippen molar-refractivity contribution in [1.29, 1.82) is 0 Å². The molecule has 2 fully saturated rings. The largest absolute Gasteiger partial charge is 0.477 e. The number of aliphatic carboxylic acids is 1. The maximum atomic E-state index is 12.2. The summed E-state index contributed by atoms with van der Waals surface area (Å²) in [6.07, 6.45) is 1.34. The van der Waals surface area contributed by atoms with Crippen molar-refractivity contribution in [3.63, 3.8) is 0 Å². The number of hydrogen-bond donors (Lipinski definition) is 5. The van der Waals surface area contributed by atoms with Crippen LogP contribution in [0.3, 0.4) is 0 Å². The van der Waals surface area contributed by atoms with Crippen LogP contribution in [0.2, 0.25) is 0 Å². The lowest BCUT2D eigenvalue weighted by Crippen LogP contribution is -2.61. The van der Waals surface area contributed by atoms with E-state index >= 15 is 0 Å². The fourth-order valence-electron chi connectivity index (χ4n) is 4.08. The number of amides is 1. The molecular formula is C16H26N4O4S. The van der Waals surface area contributed by atoms with Gasteiger partial charge in [-0.15, -0.1) is 11.8 Å². The van der Waals surface area contributed by atoms with Gasteiger partial charge in [-0.2, -0.15) is 0 Å². The number of nitrogens with one attached hydrogen (secondary N) is 1. The van der Waals surface area contributed by atoms with Gasteiger partial charge in [0.05, 0.1) is 18.1 Å². The molecule has 3 aliphatic heterocycles. The van der Waals surface area contributed by atoms with E-state index in [2.05, 4.69) is 5.32 Å². The summed E-state index contributed by atoms with van der Waals surface area (Å²) < 4.78 is 0. The summed E-state index contributed by atoms with van der Waals surface area (Å²) in [6.45, 7) is 2.88. The van der Waals surface area contributed by atoms with Crippen LogP contribution in [0.15, 0.2) is 10.6 Å². The Morgan fingerprint density at radius 1 is 1.52 bits per heavy atom. The summed E-state index contributed by atoms with van der Waals surface area (Å²) >= 11 is 1.53. The minimum atomic E-state index is -1.08. The lowest BCUT2D eigenvalue weighted by molar-refractivity contribution is -0.161. The number of fused-ring (bicyclic) bond motifs is 1. The fourth-order valence-corrected chi connectivity index (χ4v) is 5.53. The van der Waals surface area contributed by atoms with E-state index in [4.69, 9.17) is 11.5 Å².